The number of rotatable bonds is 3. The lowest BCUT2D eigenvalue weighted by atomic mass is 9.90. The summed E-state index contributed by atoms with van der Waals surface area (Å²) >= 11 is 0. The standard InChI is InChI=1S/C46H28N2/c1-2-11-33(12-3-1)47-41-16-7-5-14-39(41)45-42(47)28-27-38-36-13-4-6-15-40(36)48(46(38)45)34-23-19-29(20-24-34)35-25-21-32-18-17-30-9-8-10-31-22-26-37(35)44(32)43(30)31/h1-28H. The first-order valence-corrected chi connectivity index (χ1v) is 16.6. The van der Waals surface area contributed by atoms with Gasteiger partial charge in [-0.25, -0.2) is 0 Å². The molecule has 0 bridgehead atoms. The molecule has 0 amide bonds. The van der Waals surface area contributed by atoms with Crippen LogP contribution in [0, 0.1) is 0 Å². The first-order valence-electron chi connectivity index (χ1n) is 16.6. The van der Waals surface area contributed by atoms with Gasteiger partial charge in [-0.2, -0.15) is 0 Å². The predicted molar refractivity (Wildman–Crippen MR) is 204 cm³/mol. The van der Waals surface area contributed by atoms with E-state index in [4.69, 9.17) is 0 Å². The predicted octanol–water partition coefficient (Wildman–Crippen LogP) is 12.4. The van der Waals surface area contributed by atoms with Gasteiger partial charge in [-0.3, -0.25) is 0 Å². The number of nitrogens with zero attached hydrogens (tertiary/aromatic N) is 2. The van der Waals surface area contributed by atoms with Crippen molar-refractivity contribution < 1.29 is 0 Å². The summed E-state index contributed by atoms with van der Waals surface area (Å²) in [5.74, 6) is 0. The summed E-state index contributed by atoms with van der Waals surface area (Å²) in [7, 11) is 0. The summed E-state index contributed by atoms with van der Waals surface area (Å²) in [6, 6.07) is 62.4. The summed E-state index contributed by atoms with van der Waals surface area (Å²) in [6.07, 6.45) is 0. The van der Waals surface area contributed by atoms with E-state index in [1.54, 1.807) is 0 Å². The van der Waals surface area contributed by atoms with Crippen molar-refractivity contribution in [2.75, 3.05) is 0 Å². The Bertz CT molecular complexity index is 3020. The van der Waals surface area contributed by atoms with Gasteiger partial charge in [-0.1, -0.05) is 127 Å². The molecular weight excluding hydrogens is 581 g/mol. The van der Waals surface area contributed by atoms with E-state index < -0.39 is 0 Å². The number of benzene rings is 9. The molecular formula is C46H28N2. The molecule has 222 valence electrons. The molecule has 11 aromatic rings. The molecule has 2 aromatic heterocycles. The highest BCUT2D eigenvalue weighted by Gasteiger charge is 2.21. The van der Waals surface area contributed by atoms with Gasteiger partial charge < -0.3 is 9.13 Å². The monoisotopic (exact) mass is 608 g/mol. The Morgan fingerprint density at radius 1 is 0.292 bits per heavy atom. The van der Waals surface area contributed by atoms with Crippen LogP contribution >= 0.6 is 0 Å². The molecule has 0 saturated carbocycles. The van der Waals surface area contributed by atoms with E-state index in [-0.39, 0.29) is 0 Å². The fourth-order valence-electron chi connectivity index (χ4n) is 8.41. The smallest absolute Gasteiger partial charge is 0.0641 e. The van der Waals surface area contributed by atoms with Gasteiger partial charge in [0.2, 0.25) is 0 Å². The van der Waals surface area contributed by atoms with Crippen molar-refractivity contribution in [1.82, 2.24) is 9.13 Å². The summed E-state index contributed by atoms with van der Waals surface area (Å²) in [5.41, 5.74) is 9.71. The maximum absolute atomic E-state index is 2.47. The molecule has 9 aromatic carbocycles. The molecule has 2 nitrogen and oxygen atoms in total. The lowest BCUT2D eigenvalue weighted by Gasteiger charge is -2.15. The third-order valence-electron chi connectivity index (χ3n) is 10.4. The maximum atomic E-state index is 2.47. The third-order valence-corrected chi connectivity index (χ3v) is 10.4. The quantitative estimate of drug-likeness (QED) is 0.177. The van der Waals surface area contributed by atoms with E-state index in [2.05, 4.69) is 179 Å². The van der Waals surface area contributed by atoms with Crippen molar-refractivity contribution in [3.05, 3.63) is 170 Å². The lowest BCUT2D eigenvalue weighted by molar-refractivity contribution is 1.17. The minimum absolute atomic E-state index is 1.16. The normalized spacial score (nSPS) is 12.2. The zero-order chi connectivity index (χ0) is 31.3. The molecule has 48 heavy (non-hydrogen) atoms. The second kappa shape index (κ2) is 9.57. The Labute approximate surface area is 276 Å². The number of fused-ring (bicyclic) bond motifs is 7. The first kappa shape index (κ1) is 25.8. The van der Waals surface area contributed by atoms with Gasteiger partial charge >= 0.3 is 0 Å². The van der Waals surface area contributed by atoms with Crippen LogP contribution in [0.15, 0.2) is 170 Å². The molecule has 0 aliphatic heterocycles. The van der Waals surface area contributed by atoms with E-state index in [1.807, 2.05) is 0 Å². The average molecular weight is 609 g/mol. The van der Waals surface area contributed by atoms with Crippen molar-refractivity contribution in [2.45, 2.75) is 0 Å². The molecule has 11 rings (SSSR count). The Morgan fingerprint density at radius 2 is 0.896 bits per heavy atom. The number of para-hydroxylation sites is 3. The van der Waals surface area contributed by atoms with Gasteiger partial charge in [-0.05, 0) is 85.9 Å². The fourth-order valence-corrected chi connectivity index (χ4v) is 8.41. The van der Waals surface area contributed by atoms with Crippen LogP contribution in [0.2, 0.25) is 0 Å². The van der Waals surface area contributed by atoms with Crippen LogP contribution in [-0.4, -0.2) is 9.13 Å². The second-order valence-corrected chi connectivity index (χ2v) is 12.9. The van der Waals surface area contributed by atoms with Gasteiger partial charge in [0.05, 0.1) is 22.1 Å². The molecule has 0 fully saturated rings. The number of hydrogen-bond donors (Lipinski definition) is 0. The van der Waals surface area contributed by atoms with E-state index in [0.29, 0.717) is 0 Å². The van der Waals surface area contributed by atoms with E-state index in [9.17, 15) is 0 Å². The highest BCUT2D eigenvalue weighted by atomic mass is 15.0. The molecule has 0 saturated heterocycles. The summed E-state index contributed by atoms with van der Waals surface area (Å²) < 4.78 is 4.88. The van der Waals surface area contributed by atoms with Crippen LogP contribution in [0.5, 0.6) is 0 Å². The Morgan fingerprint density at radius 3 is 1.69 bits per heavy atom. The molecule has 0 N–H and O–H groups in total. The molecule has 0 radical (unpaired) electrons. The lowest BCUT2D eigenvalue weighted by Crippen LogP contribution is -1.95. The van der Waals surface area contributed by atoms with Crippen LogP contribution in [-0.2, 0) is 0 Å². The van der Waals surface area contributed by atoms with Gasteiger partial charge in [0.15, 0.2) is 0 Å². The average Bonchev–Trinajstić information content (AvgIpc) is 3.67. The van der Waals surface area contributed by atoms with Gasteiger partial charge in [0.1, 0.15) is 0 Å². The first-order chi connectivity index (χ1) is 23.8. The fraction of sp³-hybridized carbons (Fsp3) is 0. The van der Waals surface area contributed by atoms with Gasteiger partial charge in [-0.15, -0.1) is 0 Å². The van der Waals surface area contributed by atoms with Crippen molar-refractivity contribution in [3.8, 4) is 22.5 Å². The van der Waals surface area contributed by atoms with Gasteiger partial charge in [0, 0.05) is 32.9 Å². The van der Waals surface area contributed by atoms with Crippen molar-refractivity contribution in [1.29, 1.82) is 0 Å². The van der Waals surface area contributed by atoms with Crippen LogP contribution in [0.25, 0.3) is 98.4 Å². The van der Waals surface area contributed by atoms with E-state index in [0.717, 1.165) is 5.69 Å². The third kappa shape index (κ3) is 3.41. The Kier molecular flexibility index (Phi) is 5.14. The summed E-state index contributed by atoms with van der Waals surface area (Å²) in [5, 5.41) is 13.0. The maximum Gasteiger partial charge on any atom is 0.0641 e. The van der Waals surface area contributed by atoms with Gasteiger partial charge in [0.25, 0.3) is 0 Å². The molecule has 2 heterocycles. The van der Waals surface area contributed by atoms with E-state index in [1.165, 1.54) is 92.7 Å². The Hall–Kier alpha value is -6.38. The molecule has 0 atom stereocenters. The molecule has 0 aliphatic rings. The van der Waals surface area contributed by atoms with Crippen LogP contribution < -0.4 is 0 Å². The highest BCUT2D eigenvalue weighted by molar-refractivity contribution is 6.27. The number of aromatic nitrogens is 2. The zero-order valence-electron chi connectivity index (χ0n) is 26.1. The molecule has 0 spiro atoms. The SMILES string of the molecule is c1ccc(-n2c3ccccc3c3c2ccc2c4ccccc4n(-c4ccc(-c5ccc6ccc7cccc8ccc5c6c78)cc4)c23)cc1. The minimum Gasteiger partial charge on any atom is -0.309 e. The van der Waals surface area contributed by atoms with Crippen molar-refractivity contribution in [2.24, 2.45) is 0 Å². The summed E-state index contributed by atoms with van der Waals surface area (Å²) in [4.78, 5) is 0. The second-order valence-electron chi connectivity index (χ2n) is 12.9. The van der Waals surface area contributed by atoms with Crippen LogP contribution in [0.4, 0.5) is 0 Å². The molecule has 2 heteroatoms. The Balaban J connectivity index is 1.18. The number of hydrogen-bond acceptors (Lipinski definition) is 0. The molecule has 0 aliphatic carbocycles. The minimum atomic E-state index is 1.16. The van der Waals surface area contributed by atoms with Crippen molar-refractivity contribution >= 4 is 75.9 Å². The summed E-state index contributed by atoms with van der Waals surface area (Å²) in [6.45, 7) is 0. The molecule has 0 unspecified atom stereocenters. The topological polar surface area (TPSA) is 9.86 Å². The van der Waals surface area contributed by atoms with Crippen LogP contribution in [0.1, 0.15) is 0 Å². The zero-order valence-corrected chi connectivity index (χ0v) is 26.1. The largest absolute Gasteiger partial charge is 0.309 e. The van der Waals surface area contributed by atoms with Crippen molar-refractivity contribution in [3.63, 3.8) is 0 Å². The van der Waals surface area contributed by atoms with Crippen LogP contribution in [0.3, 0.4) is 0 Å². The van der Waals surface area contributed by atoms with E-state index >= 15 is 0 Å². The highest BCUT2D eigenvalue weighted by Crippen LogP contribution is 2.43.